The molecule has 3 aromatic rings. The monoisotopic (exact) mass is 599 g/mol. The zero-order valence-electron chi connectivity index (χ0n) is 24.1. The molecule has 2 aliphatic rings. The summed E-state index contributed by atoms with van der Waals surface area (Å²) in [7, 11) is 4.53. The number of carbonyl (C=O) groups is 2. The lowest BCUT2D eigenvalue weighted by Gasteiger charge is -2.29. The molecule has 0 bridgehead atoms. The molecule has 2 heterocycles. The quantitative estimate of drug-likeness (QED) is 0.415. The number of para-hydroxylation sites is 1. The first-order chi connectivity index (χ1) is 19.5. The summed E-state index contributed by atoms with van der Waals surface area (Å²) in [6, 6.07) is 17.0. The van der Waals surface area contributed by atoms with Crippen LogP contribution in [0.15, 0.2) is 54.6 Å². The molecular formula is C31H38ClN3O7. The number of nitrogens with zero attached hydrogens (tertiary/aromatic N) is 2. The van der Waals surface area contributed by atoms with Crippen molar-refractivity contribution in [2.45, 2.75) is 19.3 Å². The van der Waals surface area contributed by atoms with Crippen LogP contribution in [0.1, 0.15) is 27.9 Å². The molecule has 0 aromatic heterocycles. The lowest BCUT2D eigenvalue weighted by Crippen LogP contribution is -2.39. The Morgan fingerprint density at radius 2 is 1.50 bits per heavy atom. The van der Waals surface area contributed by atoms with Crippen LogP contribution in [0.3, 0.4) is 0 Å². The molecule has 11 heteroatoms. The molecule has 3 aromatic carbocycles. The van der Waals surface area contributed by atoms with E-state index in [1.807, 2.05) is 41.3 Å². The molecule has 1 saturated heterocycles. The number of methoxy groups -OCH3 is 3. The van der Waals surface area contributed by atoms with Crippen LogP contribution in [-0.4, -0.2) is 76.4 Å². The lowest BCUT2D eigenvalue weighted by atomic mass is 10.0. The second kappa shape index (κ2) is 14.9. The molecule has 0 atom stereocenters. The van der Waals surface area contributed by atoms with Crippen molar-refractivity contribution in [3.8, 4) is 17.2 Å². The minimum Gasteiger partial charge on any atom is -0.493 e. The Labute approximate surface area is 252 Å². The third-order valence-corrected chi connectivity index (χ3v) is 7.40. The Morgan fingerprint density at radius 1 is 0.857 bits per heavy atom. The zero-order chi connectivity index (χ0) is 28.1. The van der Waals surface area contributed by atoms with Crippen molar-refractivity contribution < 1.29 is 34.0 Å². The molecular weight excluding hydrogens is 562 g/mol. The van der Waals surface area contributed by atoms with Gasteiger partial charge in [-0.2, -0.15) is 0 Å². The highest BCUT2D eigenvalue weighted by molar-refractivity contribution is 6.07. The van der Waals surface area contributed by atoms with Crippen LogP contribution >= 0.6 is 12.4 Å². The highest BCUT2D eigenvalue weighted by Gasteiger charge is 2.27. The molecule has 0 unspecified atom stereocenters. The third-order valence-electron chi connectivity index (χ3n) is 7.40. The summed E-state index contributed by atoms with van der Waals surface area (Å²) in [6.07, 6.45) is 2.00. The molecule has 10 nitrogen and oxygen atoms in total. The smallest absolute Gasteiger partial charge is 0.255 e. The number of rotatable bonds is 8. The number of hydrogen-bond acceptors (Lipinski definition) is 7. The second-order valence-electron chi connectivity index (χ2n) is 9.77. The summed E-state index contributed by atoms with van der Waals surface area (Å²) < 4.78 is 21.7. The van der Waals surface area contributed by atoms with Gasteiger partial charge in [-0.05, 0) is 54.3 Å². The summed E-state index contributed by atoms with van der Waals surface area (Å²) in [5, 5.41) is 2.99. The highest BCUT2D eigenvalue weighted by atomic mass is 35.5. The number of aryl methyl sites for hydroxylation is 2. The van der Waals surface area contributed by atoms with Crippen molar-refractivity contribution in [3.63, 3.8) is 0 Å². The van der Waals surface area contributed by atoms with E-state index in [-0.39, 0.29) is 29.7 Å². The summed E-state index contributed by atoms with van der Waals surface area (Å²) in [5.74, 6) is 0.884. The maximum absolute atomic E-state index is 13.8. The van der Waals surface area contributed by atoms with E-state index >= 15 is 0 Å². The Bertz CT molecular complexity index is 1370. The fourth-order valence-electron chi connectivity index (χ4n) is 5.28. The Kier molecular flexibility index (Phi) is 11.6. The summed E-state index contributed by atoms with van der Waals surface area (Å²) in [4.78, 5) is 31.2. The van der Waals surface area contributed by atoms with Gasteiger partial charge in [-0.1, -0.05) is 24.3 Å². The molecule has 2 amide bonds. The minimum absolute atomic E-state index is 0. The second-order valence-corrected chi connectivity index (χ2v) is 9.77. The van der Waals surface area contributed by atoms with E-state index in [1.165, 1.54) is 21.3 Å². The standard InChI is InChI=1S/C31H35N3O6.ClH.H2O/c1-37-27-18-23(19-28(38-2)30(27)39-3)31(36)32-24-11-10-22-9-8-21-6-4-5-7-25(21)34(26(22)20-24)29(35)12-13-33-14-16-40-17-15-33;;/h4-7,10-11,18-20H,8-9,12-17H2,1-3H3,(H,32,36);1H;1H2. The van der Waals surface area contributed by atoms with Gasteiger partial charge >= 0.3 is 0 Å². The van der Waals surface area contributed by atoms with Gasteiger partial charge in [-0.25, -0.2) is 0 Å². The SMILES string of the molecule is COc1cc(C(=O)Nc2ccc3c(c2)N(C(=O)CCN2CCOCC2)c2ccccc2CC3)cc(OC)c1OC.Cl.O. The molecule has 5 rings (SSSR count). The van der Waals surface area contributed by atoms with Gasteiger partial charge in [-0.15, -0.1) is 12.4 Å². The Balaban J connectivity index is 0.00000242. The number of anilines is 3. The average Bonchev–Trinajstić information content (AvgIpc) is 3.16. The zero-order valence-corrected chi connectivity index (χ0v) is 24.9. The van der Waals surface area contributed by atoms with Crippen LogP contribution in [0.25, 0.3) is 0 Å². The van der Waals surface area contributed by atoms with Gasteiger partial charge in [0.15, 0.2) is 11.5 Å². The van der Waals surface area contributed by atoms with Gasteiger partial charge in [-0.3, -0.25) is 19.4 Å². The fourth-order valence-corrected chi connectivity index (χ4v) is 5.28. The minimum atomic E-state index is -0.335. The van der Waals surface area contributed by atoms with Crippen molar-refractivity contribution in [2.75, 3.05) is 64.4 Å². The van der Waals surface area contributed by atoms with Crippen molar-refractivity contribution in [2.24, 2.45) is 0 Å². The molecule has 3 N–H and O–H groups in total. The van der Waals surface area contributed by atoms with Crippen molar-refractivity contribution in [3.05, 3.63) is 71.3 Å². The number of halogens is 1. The molecule has 1 fully saturated rings. The predicted octanol–water partition coefficient (Wildman–Crippen LogP) is 4.05. The largest absolute Gasteiger partial charge is 0.493 e. The van der Waals surface area contributed by atoms with E-state index in [9.17, 15) is 9.59 Å². The van der Waals surface area contributed by atoms with E-state index < -0.39 is 0 Å². The molecule has 0 saturated carbocycles. The van der Waals surface area contributed by atoms with E-state index in [0.29, 0.717) is 54.7 Å². The topological polar surface area (TPSA) is 121 Å². The van der Waals surface area contributed by atoms with Crippen LogP contribution in [0.5, 0.6) is 17.2 Å². The first kappa shape index (κ1) is 32.7. The first-order valence-corrected chi connectivity index (χ1v) is 13.5. The number of carbonyl (C=O) groups excluding carboxylic acids is 2. The Morgan fingerprint density at radius 3 is 2.14 bits per heavy atom. The van der Waals surface area contributed by atoms with Gasteiger partial charge in [0.2, 0.25) is 11.7 Å². The number of fused-ring (bicyclic) bond motifs is 2. The van der Waals surface area contributed by atoms with Gasteiger partial charge in [0, 0.05) is 37.3 Å². The Hall–Kier alpha value is -3.83. The van der Waals surface area contributed by atoms with Gasteiger partial charge in [0.05, 0.1) is 45.9 Å². The number of hydrogen-bond donors (Lipinski definition) is 1. The van der Waals surface area contributed by atoms with Crippen LogP contribution < -0.4 is 24.4 Å². The maximum Gasteiger partial charge on any atom is 0.255 e. The number of ether oxygens (including phenoxy) is 4. The van der Waals surface area contributed by atoms with Crippen LogP contribution in [-0.2, 0) is 22.4 Å². The van der Waals surface area contributed by atoms with Gasteiger partial charge < -0.3 is 29.7 Å². The van der Waals surface area contributed by atoms with Crippen molar-refractivity contribution >= 4 is 41.3 Å². The van der Waals surface area contributed by atoms with Crippen LogP contribution in [0.4, 0.5) is 17.1 Å². The molecule has 42 heavy (non-hydrogen) atoms. The van der Waals surface area contributed by atoms with Gasteiger partial charge in [0.1, 0.15) is 0 Å². The van der Waals surface area contributed by atoms with E-state index in [2.05, 4.69) is 16.3 Å². The van der Waals surface area contributed by atoms with Crippen LogP contribution in [0.2, 0.25) is 0 Å². The van der Waals surface area contributed by atoms with E-state index in [1.54, 1.807) is 12.1 Å². The fraction of sp³-hybridized carbons (Fsp3) is 0.355. The van der Waals surface area contributed by atoms with Crippen LogP contribution in [0, 0.1) is 0 Å². The number of benzene rings is 3. The molecule has 226 valence electrons. The predicted molar refractivity (Wildman–Crippen MR) is 164 cm³/mol. The normalized spacial score (nSPS) is 14.2. The first-order valence-electron chi connectivity index (χ1n) is 13.5. The lowest BCUT2D eigenvalue weighted by molar-refractivity contribution is -0.118. The van der Waals surface area contributed by atoms with E-state index in [4.69, 9.17) is 18.9 Å². The highest BCUT2D eigenvalue weighted by Crippen LogP contribution is 2.40. The molecule has 2 aliphatic heterocycles. The van der Waals surface area contributed by atoms with Gasteiger partial charge in [0.25, 0.3) is 5.91 Å². The van der Waals surface area contributed by atoms with Crippen molar-refractivity contribution in [1.29, 1.82) is 0 Å². The summed E-state index contributed by atoms with van der Waals surface area (Å²) in [6.45, 7) is 3.72. The summed E-state index contributed by atoms with van der Waals surface area (Å²) in [5.41, 5.74) is 4.81. The number of morpholine rings is 1. The van der Waals surface area contributed by atoms with E-state index in [0.717, 1.165) is 48.4 Å². The van der Waals surface area contributed by atoms with Crippen molar-refractivity contribution in [1.82, 2.24) is 4.90 Å². The third kappa shape index (κ3) is 6.96. The number of amides is 2. The molecule has 0 radical (unpaired) electrons. The molecule has 0 aliphatic carbocycles. The maximum atomic E-state index is 13.8. The average molecular weight is 600 g/mol. The summed E-state index contributed by atoms with van der Waals surface area (Å²) >= 11 is 0. The molecule has 0 spiro atoms. The number of nitrogens with one attached hydrogen (secondary N) is 1.